The monoisotopic (exact) mass is 287 g/mol. The number of nitrogens with zero attached hydrogens (tertiary/aromatic N) is 2. The third kappa shape index (κ3) is 4.33. The Bertz CT molecular complexity index is 533. The van der Waals surface area contributed by atoms with Crippen molar-refractivity contribution in [3.63, 3.8) is 0 Å². The normalized spacial score (nSPS) is 12.3. The van der Waals surface area contributed by atoms with Gasteiger partial charge in [0, 0.05) is 25.3 Å². The van der Waals surface area contributed by atoms with Gasteiger partial charge in [-0.1, -0.05) is 19.1 Å². The van der Waals surface area contributed by atoms with Crippen molar-refractivity contribution in [1.29, 1.82) is 0 Å². The van der Waals surface area contributed by atoms with E-state index in [1.807, 2.05) is 31.6 Å². The van der Waals surface area contributed by atoms with E-state index >= 15 is 0 Å². The van der Waals surface area contributed by atoms with Crippen molar-refractivity contribution in [1.82, 2.24) is 14.9 Å². The molecule has 1 heterocycles. The molecule has 0 spiro atoms. The van der Waals surface area contributed by atoms with Crippen LogP contribution in [0.2, 0.25) is 0 Å². The summed E-state index contributed by atoms with van der Waals surface area (Å²) in [6.07, 6.45) is 4.97. The smallest absolute Gasteiger partial charge is 0.119 e. The summed E-state index contributed by atoms with van der Waals surface area (Å²) in [5.41, 5.74) is 2.50. The minimum Gasteiger partial charge on any atom is -0.494 e. The zero-order valence-corrected chi connectivity index (χ0v) is 13.2. The van der Waals surface area contributed by atoms with Crippen molar-refractivity contribution in [2.45, 2.75) is 46.3 Å². The lowest BCUT2D eigenvalue weighted by Crippen LogP contribution is -2.20. The van der Waals surface area contributed by atoms with Crippen LogP contribution in [0.3, 0.4) is 0 Å². The Hall–Kier alpha value is -1.81. The summed E-state index contributed by atoms with van der Waals surface area (Å²) < 4.78 is 7.68. The summed E-state index contributed by atoms with van der Waals surface area (Å²) in [6.45, 7) is 8.91. The van der Waals surface area contributed by atoms with Gasteiger partial charge >= 0.3 is 0 Å². The van der Waals surface area contributed by atoms with Crippen LogP contribution in [-0.4, -0.2) is 16.2 Å². The fourth-order valence-electron chi connectivity index (χ4n) is 2.33. The minimum absolute atomic E-state index is 0.297. The molecule has 1 aromatic heterocycles. The molecule has 0 aliphatic heterocycles. The SMILES string of the molecule is CCCn1cncc1CNC(C)c1ccc(OCC)cc1. The molecule has 4 heteroatoms. The average molecular weight is 287 g/mol. The second kappa shape index (κ2) is 7.84. The lowest BCUT2D eigenvalue weighted by atomic mass is 10.1. The molecule has 0 fully saturated rings. The van der Waals surface area contributed by atoms with Gasteiger partial charge in [0.15, 0.2) is 0 Å². The van der Waals surface area contributed by atoms with E-state index in [9.17, 15) is 0 Å². The summed E-state index contributed by atoms with van der Waals surface area (Å²) in [7, 11) is 0. The minimum atomic E-state index is 0.297. The van der Waals surface area contributed by atoms with E-state index < -0.39 is 0 Å². The van der Waals surface area contributed by atoms with Gasteiger partial charge in [0.1, 0.15) is 5.75 Å². The third-order valence-corrected chi connectivity index (χ3v) is 3.54. The van der Waals surface area contributed by atoms with Crippen LogP contribution < -0.4 is 10.1 Å². The highest BCUT2D eigenvalue weighted by atomic mass is 16.5. The van der Waals surface area contributed by atoms with E-state index in [0.29, 0.717) is 12.6 Å². The quantitative estimate of drug-likeness (QED) is 0.807. The first-order valence-corrected chi connectivity index (χ1v) is 7.69. The standard InChI is InChI=1S/C17H25N3O/c1-4-10-20-13-18-11-16(20)12-19-14(3)15-6-8-17(9-7-15)21-5-2/h6-9,11,13-14,19H,4-5,10,12H2,1-3H3. The van der Waals surface area contributed by atoms with Crippen molar-refractivity contribution >= 4 is 0 Å². The fourth-order valence-corrected chi connectivity index (χ4v) is 2.33. The predicted molar refractivity (Wildman–Crippen MR) is 85.4 cm³/mol. The van der Waals surface area contributed by atoms with E-state index in [2.05, 4.69) is 40.8 Å². The zero-order chi connectivity index (χ0) is 15.1. The van der Waals surface area contributed by atoms with Gasteiger partial charge in [0.2, 0.25) is 0 Å². The molecular weight excluding hydrogens is 262 g/mol. The van der Waals surface area contributed by atoms with Crippen molar-refractivity contribution in [3.8, 4) is 5.75 Å². The molecule has 1 atom stereocenters. The molecule has 0 bridgehead atoms. The summed E-state index contributed by atoms with van der Waals surface area (Å²) in [5, 5.41) is 3.55. The lowest BCUT2D eigenvalue weighted by molar-refractivity contribution is 0.340. The summed E-state index contributed by atoms with van der Waals surface area (Å²) in [4.78, 5) is 4.23. The van der Waals surface area contributed by atoms with E-state index in [0.717, 1.165) is 25.3 Å². The molecule has 0 amide bonds. The predicted octanol–water partition coefficient (Wildman–Crippen LogP) is 3.54. The highest BCUT2D eigenvalue weighted by Crippen LogP contribution is 2.18. The van der Waals surface area contributed by atoms with Crippen LogP contribution in [0.25, 0.3) is 0 Å². The molecule has 1 unspecified atom stereocenters. The molecule has 2 aromatic rings. The number of nitrogens with one attached hydrogen (secondary N) is 1. The van der Waals surface area contributed by atoms with Gasteiger partial charge in [-0.3, -0.25) is 0 Å². The first kappa shape index (κ1) is 15.6. The molecule has 0 saturated carbocycles. The summed E-state index contributed by atoms with van der Waals surface area (Å²) >= 11 is 0. The van der Waals surface area contributed by atoms with Crippen molar-refractivity contribution in [2.24, 2.45) is 0 Å². The van der Waals surface area contributed by atoms with Crippen molar-refractivity contribution < 1.29 is 4.74 Å². The molecule has 4 nitrogen and oxygen atoms in total. The largest absolute Gasteiger partial charge is 0.494 e. The Kier molecular flexibility index (Phi) is 5.81. The Labute approximate surface area is 127 Å². The van der Waals surface area contributed by atoms with Gasteiger partial charge < -0.3 is 14.6 Å². The number of aryl methyl sites for hydroxylation is 1. The van der Waals surface area contributed by atoms with Crippen LogP contribution in [-0.2, 0) is 13.1 Å². The first-order chi connectivity index (χ1) is 10.2. The molecule has 2 rings (SSSR count). The Balaban J connectivity index is 1.91. The molecule has 114 valence electrons. The number of rotatable bonds is 8. The summed E-state index contributed by atoms with van der Waals surface area (Å²) in [6, 6.07) is 8.58. The second-order valence-corrected chi connectivity index (χ2v) is 5.18. The Morgan fingerprint density at radius 3 is 2.67 bits per heavy atom. The molecule has 0 radical (unpaired) electrons. The number of ether oxygens (including phenoxy) is 1. The topological polar surface area (TPSA) is 39.1 Å². The number of aromatic nitrogens is 2. The molecule has 1 N–H and O–H groups in total. The number of benzene rings is 1. The van der Waals surface area contributed by atoms with Gasteiger partial charge in [-0.05, 0) is 38.0 Å². The van der Waals surface area contributed by atoms with Gasteiger partial charge in [-0.15, -0.1) is 0 Å². The van der Waals surface area contributed by atoms with Gasteiger partial charge in [-0.25, -0.2) is 4.98 Å². The molecule has 0 saturated heterocycles. The molecule has 0 aliphatic rings. The van der Waals surface area contributed by atoms with Crippen LogP contribution in [0.15, 0.2) is 36.8 Å². The number of hydrogen-bond acceptors (Lipinski definition) is 3. The Morgan fingerprint density at radius 2 is 2.00 bits per heavy atom. The number of imidazole rings is 1. The Morgan fingerprint density at radius 1 is 1.24 bits per heavy atom. The van der Waals surface area contributed by atoms with Gasteiger partial charge in [-0.2, -0.15) is 0 Å². The third-order valence-electron chi connectivity index (χ3n) is 3.54. The lowest BCUT2D eigenvalue weighted by Gasteiger charge is -2.15. The van der Waals surface area contributed by atoms with Gasteiger partial charge in [0.05, 0.1) is 18.6 Å². The molecule has 0 aliphatic carbocycles. The molecular formula is C17H25N3O. The van der Waals surface area contributed by atoms with E-state index in [1.54, 1.807) is 0 Å². The van der Waals surface area contributed by atoms with Crippen LogP contribution in [0.1, 0.15) is 44.5 Å². The first-order valence-electron chi connectivity index (χ1n) is 7.69. The molecule has 21 heavy (non-hydrogen) atoms. The van der Waals surface area contributed by atoms with Crippen LogP contribution in [0.5, 0.6) is 5.75 Å². The average Bonchev–Trinajstić information content (AvgIpc) is 2.94. The maximum absolute atomic E-state index is 5.47. The van der Waals surface area contributed by atoms with Crippen LogP contribution in [0.4, 0.5) is 0 Å². The fraction of sp³-hybridized carbons (Fsp3) is 0.471. The number of hydrogen-bond donors (Lipinski definition) is 1. The van der Waals surface area contributed by atoms with E-state index in [4.69, 9.17) is 4.74 Å². The van der Waals surface area contributed by atoms with Crippen LogP contribution in [0, 0.1) is 0 Å². The highest BCUT2D eigenvalue weighted by Gasteiger charge is 2.07. The van der Waals surface area contributed by atoms with Crippen molar-refractivity contribution in [3.05, 3.63) is 48.0 Å². The van der Waals surface area contributed by atoms with Crippen molar-refractivity contribution in [2.75, 3.05) is 6.61 Å². The second-order valence-electron chi connectivity index (χ2n) is 5.18. The summed E-state index contributed by atoms with van der Waals surface area (Å²) in [5.74, 6) is 0.925. The van der Waals surface area contributed by atoms with E-state index in [1.165, 1.54) is 11.3 Å². The maximum atomic E-state index is 5.47. The van der Waals surface area contributed by atoms with Crippen LogP contribution >= 0.6 is 0 Å². The maximum Gasteiger partial charge on any atom is 0.119 e. The van der Waals surface area contributed by atoms with E-state index in [-0.39, 0.29) is 0 Å². The highest BCUT2D eigenvalue weighted by molar-refractivity contribution is 5.29. The van der Waals surface area contributed by atoms with Gasteiger partial charge in [0.25, 0.3) is 0 Å². The zero-order valence-electron chi connectivity index (χ0n) is 13.2. The molecule has 1 aromatic carbocycles.